The second-order valence-electron chi connectivity index (χ2n) is 7.95. The molecule has 1 aromatic carbocycles. The number of aromatic nitrogens is 2. The number of halogens is 2. The molecule has 5 atom stereocenters. The summed E-state index contributed by atoms with van der Waals surface area (Å²) in [7, 11) is 0. The van der Waals surface area contributed by atoms with Crippen molar-refractivity contribution in [2.24, 2.45) is 5.92 Å². The first-order chi connectivity index (χ1) is 16.4. The molecule has 1 amide bonds. The molecule has 1 aliphatic rings. The number of benzene rings is 1. The number of aliphatic carboxylic acids is 1. The maximum atomic E-state index is 12.8. The molecule has 0 unspecified atom stereocenters. The molecule has 13 heteroatoms. The van der Waals surface area contributed by atoms with Crippen LogP contribution in [0.2, 0.25) is 1.41 Å². The second kappa shape index (κ2) is 10.4. The van der Waals surface area contributed by atoms with Crippen LogP contribution >= 0.6 is 31.9 Å². The van der Waals surface area contributed by atoms with Crippen LogP contribution < -0.4 is 5.31 Å². The van der Waals surface area contributed by atoms with Gasteiger partial charge in [-0.15, -0.1) is 0 Å². The molecule has 1 aromatic heterocycles. The molecule has 0 radical (unpaired) electrons. The van der Waals surface area contributed by atoms with Crippen LogP contribution in [-0.2, 0) is 14.3 Å². The zero-order chi connectivity index (χ0) is 26.2. The van der Waals surface area contributed by atoms with E-state index < -0.39 is 60.6 Å². The number of ether oxygens (including phenoxy) is 1. The van der Waals surface area contributed by atoms with Gasteiger partial charge in [0.15, 0.2) is 1.41 Å². The summed E-state index contributed by atoms with van der Waals surface area (Å²) in [6.07, 6.45) is -4.23. The minimum absolute atomic E-state index is 0.00114. The van der Waals surface area contributed by atoms with E-state index in [0.717, 1.165) is 10.8 Å². The minimum atomic E-state index is -1.89. The third-order valence-electron chi connectivity index (χ3n) is 5.28. The summed E-state index contributed by atoms with van der Waals surface area (Å²) in [5, 5.41) is 55.1. The van der Waals surface area contributed by atoms with Crippen molar-refractivity contribution in [1.29, 1.82) is 5.26 Å². The number of carboxylic acid groups (broad SMARTS) is 1. The highest BCUT2D eigenvalue weighted by Gasteiger charge is 2.45. The number of hydrogen-bond donors (Lipinski definition) is 5. The van der Waals surface area contributed by atoms with Crippen molar-refractivity contribution >= 4 is 54.6 Å². The Kier molecular flexibility index (Phi) is 7.54. The van der Waals surface area contributed by atoms with Crippen LogP contribution in [0, 0.1) is 17.2 Å². The molecule has 5 N–H and O–H groups in total. The summed E-state index contributed by atoms with van der Waals surface area (Å²) < 4.78 is 16.3. The van der Waals surface area contributed by atoms with E-state index in [1.54, 1.807) is 26.0 Å². The Morgan fingerprint density at radius 3 is 2.62 bits per heavy atom. The van der Waals surface area contributed by atoms with Gasteiger partial charge in [-0.1, -0.05) is 29.8 Å². The number of nitriles is 1. The highest BCUT2D eigenvalue weighted by Crippen LogP contribution is 2.35. The van der Waals surface area contributed by atoms with Gasteiger partial charge in [-0.05, 0) is 34.1 Å². The van der Waals surface area contributed by atoms with Crippen LogP contribution in [-0.4, -0.2) is 73.0 Å². The molecule has 34 heavy (non-hydrogen) atoms. The first-order valence-corrected chi connectivity index (χ1v) is 11.7. The van der Waals surface area contributed by atoms with Crippen LogP contribution in [0.3, 0.4) is 0 Å². The molecule has 11 nitrogen and oxygen atoms in total. The standard InChI is InChI=1S/C21H22Br2N4O7/c1-8(2)20(31)25-17-12(5-15(21(32)33)34-19(17)18(30)14(29)7-28)27-13(6-24)10-3-9(22)4-11(23)16(10)26-27/h3-5,8,12,14,17-19,28-30H,7H2,1-2H3,(H,25,31)(H,32,33)/t12-,14+,17+,18+,19+/m0/s1/i/hD. The van der Waals surface area contributed by atoms with Crippen LogP contribution in [0.1, 0.15) is 25.6 Å². The molecule has 2 aromatic rings. The van der Waals surface area contributed by atoms with Gasteiger partial charge in [0.05, 0.1) is 18.7 Å². The number of carbonyl (C=O) groups excluding carboxylic acids is 1. The Bertz CT molecular complexity index is 1230. The van der Waals surface area contributed by atoms with Gasteiger partial charge in [0.2, 0.25) is 11.7 Å². The monoisotopic (exact) mass is 601 g/mol. The number of nitrogens with one attached hydrogen (secondary N) is 1. The highest BCUT2D eigenvalue weighted by atomic mass is 79.9. The number of rotatable bonds is 7. The van der Waals surface area contributed by atoms with Crippen LogP contribution in [0.15, 0.2) is 32.9 Å². The Morgan fingerprint density at radius 2 is 2.06 bits per heavy atom. The van der Waals surface area contributed by atoms with Gasteiger partial charge in [-0.2, -0.15) is 10.4 Å². The number of hydrogen-bond acceptors (Lipinski definition) is 8. The molecule has 0 fully saturated rings. The van der Waals surface area contributed by atoms with Gasteiger partial charge in [-0.3, -0.25) is 4.79 Å². The zero-order valence-electron chi connectivity index (χ0n) is 19.0. The van der Waals surface area contributed by atoms with E-state index in [-0.39, 0.29) is 5.69 Å². The van der Waals surface area contributed by atoms with Crippen LogP contribution in [0.5, 0.6) is 0 Å². The number of aliphatic hydroxyl groups excluding tert-OH is 3. The molecule has 0 saturated carbocycles. The lowest BCUT2D eigenvalue weighted by Crippen LogP contribution is -2.59. The molecule has 0 spiro atoms. The summed E-state index contributed by atoms with van der Waals surface area (Å²) in [5.41, 5.74) is 0.362. The largest absolute Gasteiger partial charge is 0.478 e. The molecule has 182 valence electrons. The van der Waals surface area contributed by atoms with Gasteiger partial charge < -0.3 is 30.5 Å². The molecule has 2 heterocycles. The first kappa shape index (κ1) is 24.6. The van der Waals surface area contributed by atoms with Gasteiger partial charge in [0.25, 0.3) is 0 Å². The summed E-state index contributed by atoms with van der Waals surface area (Å²) in [5.74, 6) is -3.51. The third-order valence-corrected chi connectivity index (χ3v) is 6.34. The van der Waals surface area contributed by atoms with Crippen LogP contribution in [0.4, 0.5) is 0 Å². The van der Waals surface area contributed by atoms with E-state index in [1.165, 1.54) is 0 Å². The van der Waals surface area contributed by atoms with Crippen molar-refractivity contribution in [2.75, 3.05) is 6.61 Å². The van der Waals surface area contributed by atoms with Crippen molar-refractivity contribution in [1.82, 2.24) is 15.1 Å². The summed E-state index contributed by atoms with van der Waals surface area (Å²) in [4.78, 5) is 24.7. The van der Waals surface area contributed by atoms with E-state index in [2.05, 4.69) is 37.0 Å². The number of aliphatic hydroxyl groups is 3. The summed E-state index contributed by atoms with van der Waals surface area (Å²) in [6.45, 7) is 2.20. The Labute approximate surface area is 212 Å². The quantitative estimate of drug-likeness (QED) is 0.311. The van der Waals surface area contributed by atoms with Gasteiger partial charge >= 0.3 is 5.97 Å². The fourth-order valence-electron chi connectivity index (χ4n) is 3.54. The van der Waals surface area contributed by atoms with Gasteiger partial charge in [-0.25, -0.2) is 9.48 Å². The van der Waals surface area contributed by atoms with Crippen molar-refractivity contribution in [3.8, 4) is 6.07 Å². The number of amides is 1. The van der Waals surface area contributed by atoms with Gasteiger partial charge in [0.1, 0.15) is 35.6 Å². The number of carboxylic acids is 1. The molecule has 0 aliphatic carbocycles. The predicted octanol–water partition coefficient (Wildman–Crippen LogP) is 1.20. The lowest BCUT2D eigenvalue weighted by atomic mass is 9.91. The first-order valence-electron chi connectivity index (χ1n) is 10.6. The smallest absolute Gasteiger partial charge is 0.370 e. The Hall–Kier alpha value is -2.50. The average molecular weight is 603 g/mol. The fourth-order valence-corrected chi connectivity index (χ4v) is 4.85. The Balaban J connectivity index is 2.32. The topological polar surface area (TPSA) is 178 Å². The van der Waals surface area contributed by atoms with Crippen molar-refractivity contribution in [3.63, 3.8) is 0 Å². The highest BCUT2D eigenvalue weighted by molar-refractivity contribution is 9.11. The van der Waals surface area contributed by atoms with E-state index in [0.29, 0.717) is 25.2 Å². The van der Waals surface area contributed by atoms with Crippen molar-refractivity contribution in [3.05, 3.63) is 38.6 Å². The van der Waals surface area contributed by atoms with E-state index in [4.69, 9.17) is 6.15 Å². The van der Waals surface area contributed by atoms with E-state index in [1.807, 2.05) is 6.07 Å². The molecule has 0 bridgehead atoms. The molecule has 0 saturated heterocycles. The SMILES string of the molecule is [2H]N(C(=O)C(C)C)[C@H]1[C@H]([C@H](O)[C@H](O)CO)OC(C(=O)O)=C[C@@H]1n1nc2c(Br)cc(Br)cc2c1C#N. The molecular formula is C21H22Br2N4O7. The fraction of sp³-hybridized carbons (Fsp3) is 0.429. The molecular weight excluding hydrogens is 580 g/mol. The normalized spacial score (nSPS) is 22.4. The zero-order valence-corrected chi connectivity index (χ0v) is 21.1. The lowest BCUT2D eigenvalue weighted by molar-refractivity contribution is -0.147. The number of nitrogens with zero attached hydrogens (tertiary/aromatic N) is 3. The third kappa shape index (κ3) is 4.96. The maximum absolute atomic E-state index is 12.8. The summed E-state index contributed by atoms with van der Waals surface area (Å²) >= 11 is 6.73. The average Bonchev–Trinajstić information content (AvgIpc) is 3.19. The maximum Gasteiger partial charge on any atom is 0.370 e. The lowest BCUT2D eigenvalue weighted by Gasteiger charge is -2.40. The minimum Gasteiger partial charge on any atom is -0.478 e. The second-order valence-corrected chi connectivity index (χ2v) is 9.72. The Morgan fingerprint density at radius 1 is 1.38 bits per heavy atom. The van der Waals surface area contributed by atoms with Crippen molar-refractivity contribution in [2.45, 2.75) is 44.2 Å². The predicted molar refractivity (Wildman–Crippen MR) is 125 cm³/mol. The van der Waals surface area contributed by atoms with Crippen LogP contribution in [0.25, 0.3) is 10.9 Å². The number of fused-ring (bicyclic) bond motifs is 1. The van der Waals surface area contributed by atoms with Gasteiger partial charge in [0, 0.05) is 20.2 Å². The van der Waals surface area contributed by atoms with E-state index in [9.17, 15) is 35.3 Å². The summed E-state index contributed by atoms with van der Waals surface area (Å²) in [6, 6.07) is 2.66. The molecule has 3 rings (SSSR count). The molecule has 1 aliphatic heterocycles. The van der Waals surface area contributed by atoms with Crippen molar-refractivity contribution < 1.29 is 36.2 Å². The number of carbonyl (C=O) groups is 2. The van der Waals surface area contributed by atoms with E-state index >= 15 is 0 Å².